The number of carbonyl (C=O) groups excluding carboxylic acids is 4. The summed E-state index contributed by atoms with van der Waals surface area (Å²) in [4.78, 5) is 61.8. The second-order valence-corrected chi connectivity index (χ2v) is 18.7. The molecule has 1 aromatic heterocycles. The maximum atomic E-state index is 14.7. The lowest BCUT2D eigenvalue weighted by atomic mass is 9.88. The van der Waals surface area contributed by atoms with Crippen LogP contribution in [0.25, 0.3) is 10.8 Å². The van der Waals surface area contributed by atoms with Crippen molar-refractivity contribution in [2.24, 2.45) is 17.8 Å². The van der Waals surface area contributed by atoms with Crippen LogP contribution in [0.2, 0.25) is 0 Å². The van der Waals surface area contributed by atoms with Crippen molar-refractivity contribution in [2.45, 2.75) is 141 Å². The Labute approximate surface area is 354 Å². The van der Waals surface area contributed by atoms with Gasteiger partial charge in [-0.1, -0.05) is 65.0 Å². The fourth-order valence-corrected chi connectivity index (χ4v) is 9.02. The number of pyridine rings is 1. The molecule has 0 unspecified atom stereocenters. The van der Waals surface area contributed by atoms with Crippen LogP contribution in [0.1, 0.15) is 104 Å². The van der Waals surface area contributed by atoms with Crippen molar-refractivity contribution >= 4 is 44.6 Å². The standard InChI is InChI=1S/C40H52F3N5O9S.C2H6.3H2/c1-6-17-55-31-21-44-34(29-14-10-9-13-28(29)31)57-27-19-30-33(49)46-39(36(51)47-58(53,54)38(5)15-16-38)20-26(39)12-8-7-11-23(2)18-24(3)32(35(50)48(30)22-27)45-37(52)56-25(4)40(41,42)43;1-2;;;/h8-10,12-14,21,23-27,30,32H,6-7,11,15-20,22H2,1-5H3,(H,45,52)(H,46,49)(H,47,51);1-2H3;3*1H/b12-8-;;;;/t23-,24-,25-,26-,27-,30+,32+,39-;;;;/m1..../s1. The molecular weight excluding hydrogens is 808 g/mol. The number of hydrogen-bond acceptors (Lipinski definition) is 10. The number of rotatable bonds is 10. The summed E-state index contributed by atoms with van der Waals surface area (Å²) in [5, 5.41) is 6.49. The molecule has 6 rings (SSSR count). The molecule has 60 heavy (non-hydrogen) atoms. The Morgan fingerprint density at radius 2 is 1.80 bits per heavy atom. The van der Waals surface area contributed by atoms with Crippen LogP contribution in [-0.2, 0) is 29.1 Å². The molecule has 14 nitrogen and oxygen atoms in total. The van der Waals surface area contributed by atoms with E-state index in [1.807, 2.05) is 45.9 Å². The SMILES string of the molecule is CC.CCCOc1cnc(O[C@@H]2C[C@H]3C(=O)N[C@]4(C(=O)NS(=O)(=O)C5(C)CC5)C[C@H]4/C=C\CC[C@@H](C)C[C@@H](C)[C@H](NC(=O)O[C@H](C)C(F)(F)F)C(=O)N3C2)c2ccccc12.[HH].[HH].[HH]. The van der Waals surface area contributed by atoms with Crippen molar-refractivity contribution in [3.63, 3.8) is 0 Å². The van der Waals surface area contributed by atoms with Gasteiger partial charge in [0.1, 0.15) is 29.5 Å². The topological polar surface area (TPSA) is 182 Å². The van der Waals surface area contributed by atoms with Gasteiger partial charge in [0.2, 0.25) is 27.7 Å². The Kier molecular flexibility index (Phi) is 14.4. The lowest BCUT2D eigenvalue weighted by Crippen LogP contribution is -2.59. The van der Waals surface area contributed by atoms with E-state index in [1.165, 1.54) is 18.0 Å². The molecule has 3 N–H and O–H groups in total. The van der Waals surface area contributed by atoms with Crippen molar-refractivity contribution in [1.82, 2.24) is 25.2 Å². The highest BCUT2D eigenvalue weighted by Crippen LogP contribution is 2.48. The fraction of sp³-hybridized carbons (Fsp3) is 0.643. The average Bonchev–Trinajstić information content (AvgIpc) is 4.08. The van der Waals surface area contributed by atoms with E-state index in [-0.39, 0.29) is 35.5 Å². The van der Waals surface area contributed by atoms with Gasteiger partial charge in [-0.05, 0) is 76.7 Å². The minimum atomic E-state index is -4.85. The highest BCUT2D eigenvalue weighted by molar-refractivity contribution is 7.91. The van der Waals surface area contributed by atoms with Crippen molar-refractivity contribution in [3.8, 4) is 11.6 Å². The molecular formula is C42H64F3N5O9S. The average molecular weight is 872 g/mol. The van der Waals surface area contributed by atoms with Crippen molar-refractivity contribution in [2.75, 3.05) is 13.2 Å². The molecule has 8 atom stereocenters. The second kappa shape index (κ2) is 18.6. The number of alkyl carbamates (subject to hydrolysis) is 1. The zero-order chi connectivity index (χ0) is 44.2. The molecule has 1 aromatic carbocycles. The third kappa shape index (κ3) is 10.3. The number of fused-ring (bicyclic) bond motifs is 3. The van der Waals surface area contributed by atoms with Crippen LogP contribution in [0.4, 0.5) is 18.0 Å². The third-order valence-electron chi connectivity index (χ3n) is 11.7. The van der Waals surface area contributed by atoms with Gasteiger partial charge in [-0.2, -0.15) is 13.2 Å². The van der Waals surface area contributed by atoms with E-state index in [0.717, 1.165) is 11.8 Å². The van der Waals surface area contributed by atoms with Gasteiger partial charge in [0.15, 0.2) is 6.10 Å². The number of hydrogen-bond donors (Lipinski definition) is 3. The summed E-state index contributed by atoms with van der Waals surface area (Å²) >= 11 is 0. The number of benzene rings is 1. The van der Waals surface area contributed by atoms with Crippen LogP contribution < -0.4 is 24.8 Å². The van der Waals surface area contributed by atoms with Gasteiger partial charge < -0.3 is 29.7 Å². The molecule has 18 heteroatoms. The Balaban J connectivity index is 0.00000269. The number of nitrogens with zero attached hydrogens (tertiary/aromatic N) is 2. The molecule has 2 aromatic rings. The highest BCUT2D eigenvalue weighted by atomic mass is 32.2. The Morgan fingerprint density at radius 1 is 1.12 bits per heavy atom. The molecule has 3 heterocycles. The highest BCUT2D eigenvalue weighted by Gasteiger charge is 2.63. The largest absolute Gasteiger partial charge is 0.491 e. The molecule has 0 radical (unpaired) electrons. The van der Waals surface area contributed by atoms with E-state index in [0.29, 0.717) is 56.8 Å². The summed E-state index contributed by atoms with van der Waals surface area (Å²) in [6.07, 6.45) is -1.39. The molecule has 0 bridgehead atoms. The number of allylic oxidation sites excluding steroid dienone is 1. The monoisotopic (exact) mass is 871 g/mol. The van der Waals surface area contributed by atoms with E-state index in [2.05, 4.69) is 25.1 Å². The van der Waals surface area contributed by atoms with E-state index in [1.54, 1.807) is 25.1 Å². The normalized spacial score (nSPS) is 28.8. The molecule has 2 aliphatic heterocycles. The quantitative estimate of drug-likeness (QED) is 0.209. The zero-order valence-electron chi connectivity index (χ0n) is 35.3. The van der Waals surface area contributed by atoms with Gasteiger partial charge in [0.05, 0.1) is 24.1 Å². The molecule has 4 aliphatic rings. The number of amides is 4. The molecule has 2 saturated carbocycles. The number of sulfonamides is 1. The number of alkyl halides is 3. The van der Waals surface area contributed by atoms with Crippen LogP contribution in [0.3, 0.4) is 0 Å². The number of ether oxygens (including phenoxy) is 3. The predicted octanol–water partition coefficient (Wildman–Crippen LogP) is 7.07. The fourth-order valence-electron chi connectivity index (χ4n) is 7.70. The summed E-state index contributed by atoms with van der Waals surface area (Å²) in [5.41, 5.74) is -1.64. The van der Waals surface area contributed by atoms with E-state index >= 15 is 0 Å². The summed E-state index contributed by atoms with van der Waals surface area (Å²) in [6, 6.07) is 4.53. The molecule has 3 fully saturated rings. The van der Waals surface area contributed by atoms with Crippen molar-refractivity contribution < 1.29 is 59.3 Å². The number of halogens is 3. The lowest BCUT2D eigenvalue weighted by Gasteiger charge is -2.33. The Bertz CT molecular complexity index is 2060. The molecule has 2 aliphatic carbocycles. The van der Waals surface area contributed by atoms with Crippen LogP contribution >= 0.6 is 0 Å². The molecule has 0 spiro atoms. The van der Waals surface area contributed by atoms with E-state index in [9.17, 15) is 40.8 Å². The number of nitrogens with one attached hydrogen (secondary N) is 3. The van der Waals surface area contributed by atoms with Gasteiger partial charge in [-0.15, -0.1) is 0 Å². The molecule has 1 saturated heterocycles. The summed E-state index contributed by atoms with van der Waals surface area (Å²) in [6.45, 7) is 12.1. The van der Waals surface area contributed by atoms with Gasteiger partial charge >= 0.3 is 12.3 Å². The zero-order valence-corrected chi connectivity index (χ0v) is 36.1. The van der Waals surface area contributed by atoms with Crippen LogP contribution in [-0.4, -0.2) is 96.0 Å². The summed E-state index contributed by atoms with van der Waals surface area (Å²) in [7, 11) is -4.07. The first-order valence-electron chi connectivity index (χ1n) is 20.9. The smallest absolute Gasteiger partial charge is 0.425 e. The van der Waals surface area contributed by atoms with Crippen LogP contribution in [0.5, 0.6) is 11.6 Å². The van der Waals surface area contributed by atoms with Crippen molar-refractivity contribution in [1.29, 1.82) is 0 Å². The van der Waals surface area contributed by atoms with Gasteiger partial charge in [0, 0.05) is 27.4 Å². The molecule has 338 valence electrons. The first kappa shape index (κ1) is 46.5. The number of aromatic nitrogens is 1. The summed E-state index contributed by atoms with van der Waals surface area (Å²) < 4.78 is 84.5. The van der Waals surface area contributed by atoms with E-state index < -0.39 is 86.4 Å². The van der Waals surface area contributed by atoms with Gasteiger partial charge in [0.25, 0.3) is 5.91 Å². The Hall–Kier alpha value is -4.61. The minimum Gasteiger partial charge on any atom is -0.491 e. The van der Waals surface area contributed by atoms with Crippen LogP contribution in [0, 0.1) is 17.8 Å². The van der Waals surface area contributed by atoms with Crippen molar-refractivity contribution in [3.05, 3.63) is 42.6 Å². The van der Waals surface area contributed by atoms with Gasteiger partial charge in [-0.25, -0.2) is 18.2 Å². The van der Waals surface area contributed by atoms with Crippen LogP contribution in [0.15, 0.2) is 42.6 Å². The summed E-state index contributed by atoms with van der Waals surface area (Å²) in [5.74, 6) is -2.90. The predicted molar refractivity (Wildman–Crippen MR) is 224 cm³/mol. The number of carbonyl (C=O) groups is 4. The lowest BCUT2D eigenvalue weighted by molar-refractivity contribution is -0.197. The molecule has 4 amide bonds. The van der Waals surface area contributed by atoms with Gasteiger partial charge in [-0.3, -0.25) is 19.1 Å². The maximum Gasteiger partial charge on any atom is 0.425 e. The first-order chi connectivity index (χ1) is 28.3. The first-order valence-corrected chi connectivity index (χ1v) is 22.3. The third-order valence-corrected chi connectivity index (χ3v) is 13.9. The van der Waals surface area contributed by atoms with E-state index in [4.69, 9.17) is 9.47 Å². The maximum absolute atomic E-state index is 14.7. The minimum absolute atomic E-state index is 0. The second-order valence-electron chi connectivity index (χ2n) is 16.5. The Morgan fingerprint density at radius 3 is 2.45 bits per heavy atom.